The first-order chi connectivity index (χ1) is 15.9. The molecule has 7 nitrogen and oxygen atoms in total. The van der Waals surface area contributed by atoms with E-state index in [0.717, 1.165) is 17.1 Å². The summed E-state index contributed by atoms with van der Waals surface area (Å²) in [5.41, 5.74) is 1.52. The summed E-state index contributed by atoms with van der Waals surface area (Å²) in [6, 6.07) is 15.2. The van der Waals surface area contributed by atoms with Crippen LogP contribution >= 0.6 is 11.8 Å². The molecule has 0 fully saturated rings. The first-order valence-corrected chi connectivity index (χ1v) is 13.8. The molecule has 0 aliphatic carbocycles. The van der Waals surface area contributed by atoms with Crippen LogP contribution in [0, 0.1) is 0 Å². The average molecular weight is 489 g/mol. The molecule has 0 radical (unpaired) electrons. The Morgan fingerprint density at radius 2 is 1.82 bits per heavy atom. The Balaban J connectivity index is 1.63. The number of nitrogens with one attached hydrogen (secondary N) is 1. The fraction of sp³-hybridized carbons (Fsp3) is 0.417. The standard InChI is InChI=1S/C24H32N4O3S2/c1-4-27(5-2)33(30,31)20-12-13-22-21(18-20)26-23(28(22)6-3)14-15-24(29)25-16-17-32-19-10-8-7-9-11-19/h7-13,18H,4-6,14-17H2,1-3H3,(H,25,29). The summed E-state index contributed by atoms with van der Waals surface area (Å²) in [6.07, 6.45) is 0.836. The van der Waals surface area contributed by atoms with Crippen LogP contribution in [0.25, 0.3) is 11.0 Å². The molecular weight excluding hydrogens is 456 g/mol. The van der Waals surface area contributed by atoms with Crippen LogP contribution in [-0.2, 0) is 27.8 Å². The summed E-state index contributed by atoms with van der Waals surface area (Å²) < 4.78 is 29.2. The van der Waals surface area contributed by atoms with Gasteiger partial charge in [-0.2, -0.15) is 4.31 Å². The van der Waals surface area contributed by atoms with Gasteiger partial charge in [-0.15, -0.1) is 11.8 Å². The number of thioether (sulfide) groups is 1. The van der Waals surface area contributed by atoms with E-state index in [1.165, 1.54) is 9.20 Å². The smallest absolute Gasteiger partial charge is 0.243 e. The zero-order valence-electron chi connectivity index (χ0n) is 19.5. The molecular formula is C24H32N4O3S2. The van der Waals surface area contributed by atoms with Crippen molar-refractivity contribution in [1.29, 1.82) is 0 Å². The first kappa shape index (κ1) is 25.3. The van der Waals surface area contributed by atoms with Crippen LogP contribution < -0.4 is 5.32 Å². The van der Waals surface area contributed by atoms with E-state index in [1.54, 1.807) is 23.9 Å². The molecule has 0 unspecified atom stereocenters. The second kappa shape index (κ2) is 11.7. The summed E-state index contributed by atoms with van der Waals surface area (Å²) in [6.45, 7) is 7.82. The molecule has 2 aromatic carbocycles. The monoisotopic (exact) mass is 488 g/mol. The van der Waals surface area contributed by atoms with Crippen molar-refractivity contribution in [3.8, 4) is 0 Å². The van der Waals surface area contributed by atoms with Gasteiger partial charge in [0.2, 0.25) is 15.9 Å². The number of imidazole rings is 1. The van der Waals surface area contributed by atoms with E-state index in [9.17, 15) is 13.2 Å². The van der Waals surface area contributed by atoms with Crippen molar-refractivity contribution < 1.29 is 13.2 Å². The molecule has 9 heteroatoms. The molecule has 1 aromatic heterocycles. The van der Waals surface area contributed by atoms with Crippen LogP contribution in [0.1, 0.15) is 33.0 Å². The lowest BCUT2D eigenvalue weighted by Gasteiger charge is -2.18. The molecule has 1 amide bonds. The molecule has 33 heavy (non-hydrogen) atoms. The van der Waals surface area contributed by atoms with Gasteiger partial charge in [0.25, 0.3) is 0 Å². The van der Waals surface area contributed by atoms with E-state index >= 15 is 0 Å². The van der Waals surface area contributed by atoms with Gasteiger partial charge in [0.05, 0.1) is 15.9 Å². The maximum atomic E-state index is 12.9. The van der Waals surface area contributed by atoms with Crippen molar-refractivity contribution in [2.45, 2.75) is 49.9 Å². The minimum Gasteiger partial charge on any atom is -0.355 e. The fourth-order valence-corrected chi connectivity index (χ4v) is 6.03. The highest BCUT2D eigenvalue weighted by Crippen LogP contribution is 2.23. The molecule has 0 atom stereocenters. The molecule has 3 rings (SSSR count). The number of fused-ring (bicyclic) bond motifs is 1. The molecule has 0 bridgehead atoms. The number of amides is 1. The van der Waals surface area contributed by atoms with Gasteiger partial charge < -0.3 is 9.88 Å². The Kier molecular flexibility index (Phi) is 8.94. The zero-order valence-corrected chi connectivity index (χ0v) is 21.1. The minimum absolute atomic E-state index is 0.0110. The maximum Gasteiger partial charge on any atom is 0.243 e. The lowest BCUT2D eigenvalue weighted by molar-refractivity contribution is -0.120. The van der Waals surface area contributed by atoms with E-state index in [0.29, 0.717) is 44.5 Å². The largest absolute Gasteiger partial charge is 0.355 e. The van der Waals surface area contributed by atoms with E-state index < -0.39 is 10.0 Å². The lowest BCUT2D eigenvalue weighted by atomic mass is 10.3. The van der Waals surface area contributed by atoms with Crippen LogP contribution in [0.15, 0.2) is 58.3 Å². The molecule has 0 aliphatic heterocycles. The highest BCUT2D eigenvalue weighted by molar-refractivity contribution is 7.99. The quantitative estimate of drug-likeness (QED) is 0.308. The minimum atomic E-state index is -3.54. The Bertz CT molecular complexity index is 1170. The number of hydrogen-bond donors (Lipinski definition) is 1. The normalized spacial score (nSPS) is 11.9. The number of sulfonamides is 1. The van der Waals surface area contributed by atoms with E-state index in [2.05, 4.69) is 22.4 Å². The van der Waals surface area contributed by atoms with Crippen molar-refractivity contribution in [2.75, 3.05) is 25.4 Å². The molecule has 0 spiro atoms. The van der Waals surface area contributed by atoms with Crippen molar-refractivity contribution in [3.05, 3.63) is 54.4 Å². The number of aryl methyl sites for hydroxylation is 2. The fourth-order valence-electron chi connectivity index (χ4n) is 3.77. The average Bonchev–Trinajstić information content (AvgIpc) is 3.18. The van der Waals surface area contributed by atoms with Gasteiger partial charge in [-0.3, -0.25) is 4.79 Å². The molecule has 1 N–H and O–H groups in total. The third kappa shape index (κ3) is 6.16. The van der Waals surface area contributed by atoms with Crippen LogP contribution in [0.3, 0.4) is 0 Å². The van der Waals surface area contributed by atoms with Crippen molar-refractivity contribution in [2.24, 2.45) is 0 Å². The van der Waals surface area contributed by atoms with E-state index in [1.807, 2.05) is 49.6 Å². The highest BCUT2D eigenvalue weighted by atomic mass is 32.2. The van der Waals surface area contributed by atoms with Gasteiger partial charge in [0.1, 0.15) is 5.82 Å². The van der Waals surface area contributed by atoms with E-state index in [-0.39, 0.29) is 10.8 Å². The number of carbonyl (C=O) groups excluding carboxylic acids is 1. The van der Waals surface area contributed by atoms with Crippen LogP contribution in [0.5, 0.6) is 0 Å². The van der Waals surface area contributed by atoms with Crippen molar-refractivity contribution in [1.82, 2.24) is 19.2 Å². The SMILES string of the molecule is CCN(CC)S(=O)(=O)c1ccc2c(c1)nc(CCC(=O)NCCSc1ccccc1)n2CC. The van der Waals surface area contributed by atoms with E-state index in [4.69, 9.17) is 0 Å². The number of aromatic nitrogens is 2. The zero-order chi connectivity index (χ0) is 23.8. The number of carbonyl (C=O) groups is 1. The third-order valence-corrected chi connectivity index (χ3v) is 8.53. The topological polar surface area (TPSA) is 84.3 Å². The van der Waals surface area contributed by atoms with Crippen LogP contribution in [0.4, 0.5) is 0 Å². The Morgan fingerprint density at radius 3 is 2.48 bits per heavy atom. The summed E-state index contributed by atoms with van der Waals surface area (Å²) in [4.78, 5) is 18.4. The molecule has 0 saturated carbocycles. The van der Waals surface area contributed by atoms with Crippen LogP contribution in [0.2, 0.25) is 0 Å². The molecule has 0 aliphatic rings. The molecule has 178 valence electrons. The number of benzene rings is 2. The predicted octanol–water partition coefficient (Wildman–Crippen LogP) is 3.93. The second-order valence-corrected chi connectivity index (χ2v) is 10.6. The van der Waals surface area contributed by atoms with Crippen LogP contribution in [-0.4, -0.2) is 53.6 Å². The number of rotatable bonds is 12. The second-order valence-electron chi connectivity index (χ2n) is 7.52. The third-order valence-electron chi connectivity index (χ3n) is 5.47. The van der Waals surface area contributed by atoms with Gasteiger partial charge in [-0.25, -0.2) is 13.4 Å². The van der Waals surface area contributed by atoms with Gasteiger partial charge in [0, 0.05) is 49.7 Å². The summed E-state index contributed by atoms with van der Waals surface area (Å²) in [5, 5.41) is 2.97. The number of nitrogens with zero attached hydrogens (tertiary/aromatic N) is 3. The predicted molar refractivity (Wildman–Crippen MR) is 134 cm³/mol. The highest BCUT2D eigenvalue weighted by Gasteiger charge is 2.23. The maximum absolute atomic E-state index is 12.9. The Morgan fingerprint density at radius 1 is 1.09 bits per heavy atom. The summed E-state index contributed by atoms with van der Waals surface area (Å²) in [5.74, 6) is 1.59. The summed E-state index contributed by atoms with van der Waals surface area (Å²) >= 11 is 1.71. The van der Waals surface area contributed by atoms with Crippen molar-refractivity contribution in [3.63, 3.8) is 0 Å². The Labute approximate surface area is 200 Å². The Hall–Kier alpha value is -2.36. The molecule has 3 aromatic rings. The van der Waals surface area contributed by atoms with Gasteiger partial charge in [0.15, 0.2) is 0 Å². The molecule has 0 saturated heterocycles. The van der Waals surface area contributed by atoms with Gasteiger partial charge >= 0.3 is 0 Å². The first-order valence-electron chi connectivity index (χ1n) is 11.3. The van der Waals surface area contributed by atoms with Crippen molar-refractivity contribution >= 4 is 38.7 Å². The van der Waals surface area contributed by atoms with Gasteiger partial charge in [-0.05, 0) is 37.3 Å². The van der Waals surface area contributed by atoms with Gasteiger partial charge in [-0.1, -0.05) is 32.0 Å². The summed E-state index contributed by atoms with van der Waals surface area (Å²) in [7, 11) is -3.54. The number of hydrogen-bond acceptors (Lipinski definition) is 5. The molecule has 1 heterocycles. The lowest BCUT2D eigenvalue weighted by Crippen LogP contribution is -2.30.